The highest BCUT2D eigenvalue weighted by Gasteiger charge is 2.16. The minimum atomic E-state index is 0. The molecule has 1 fully saturated rings. The molecular weight excluding hydrogens is 387 g/mol. The first kappa shape index (κ1) is 17.0. The summed E-state index contributed by atoms with van der Waals surface area (Å²) in [7, 11) is 0. The highest BCUT2D eigenvalue weighted by Crippen LogP contribution is 2.18. The van der Waals surface area contributed by atoms with Gasteiger partial charge < -0.3 is 10.6 Å². The molecule has 5 heteroatoms. The monoisotopic (exact) mass is 410 g/mol. The van der Waals surface area contributed by atoms with E-state index in [0.29, 0.717) is 12.5 Å². The maximum atomic E-state index is 6.15. The van der Waals surface area contributed by atoms with E-state index < -0.39 is 0 Å². The third kappa shape index (κ3) is 3.88. The van der Waals surface area contributed by atoms with E-state index in [4.69, 9.17) is 5.73 Å². The third-order valence-corrected chi connectivity index (χ3v) is 4.26. The SMILES string of the molecule is CC1CCN(C(N)=NCc2ccnc3ccccc23)CC1.I. The molecular formula is C17H23IN4. The van der Waals surface area contributed by atoms with Gasteiger partial charge in [0.15, 0.2) is 5.96 Å². The highest BCUT2D eigenvalue weighted by atomic mass is 127. The highest BCUT2D eigenvalue weighted by molar-refractivity contribution is 14.0. The van der Waals surface area contributed by atoms with E-state index >= 15 is 0 Å². The molecule has 0 spiro atoms. The molecule has 118 valence electrons. The van der Waals surface area contributed by atoms with Crippen LogP contribution in [-0.2, 0) is 6.54 Å². The van der Waals surface area contributed by atoms with Crippen molar-refractivity contribution in [3.8, 4) is 0 Å². The van der Waals surface area contributed by atoms with Crippen LogP contribution in [0.1, 0.15) is 25.3 Å². The number of rotatable bonds is 2. The van der Waals surface area contributed by atoms with Gasteiger partial charge in [-0.2, -0.15) is 0 Å². The molecule has 22 heavy (non-hydrogen) atoms. The number of halogens is 1. The van der Waals surface area contributed by atoms with Crippen LogP contribution in [0.2, 0.25) is 0 Å². The number of likely N-dealkylation sites (tertiary alicyclic amines) is 1. The molecule has 0 unspecified atom stereocenters. The van der Waals surface area contributed by atoms with Crippen LogP contribution in [0.3, 0.4) is 0 Å². The van der Waals surface area contributed by atoms with Gasteiger partial charge in [0.2, 0.25) is 0 Å². The fourth-order valence-electron chi connectivity index (χ4n) is 2.80. The van der Waals surface area contributed by atoms with Gasteiger partial charge >= 0.3 is 0 Å². The van der Waals surface area contributed by atoms with Gasteiger partial charge in [-0.15, -0.1) is 24.0 Å². The quantitative estimate of drug-likeness (QED) is 0.469. The Morgan fingerprint density at radius 2 is 2.00 bits per heavy atom. The molecule has 3 rings (SSSR count). The summed E-state index contributed by atoms with van der Waals surface area (Å²) in [6, 6.07) is 10.2. The first-order valence-electron chi connectivity index (χ1n) is 7.61. The number of aliphatic imine (C=N–C) groups is 1. The topological polar surface area (TPSA) is 54.5 Å². The second-order valence-electron chi connectivity index (χ2n) is 5.83. The zero-order chi connectivity index (χ0) is 14.7. The molecule has 2 heterocycles. The number of hydrogen-bond donors (Lipinski definition) is 1. The van der Waals surface area contributed by atoms with Crippen molar-refractivity contribution >= 4 is 40.8 Å². The summed E-state index contributed by atoms with van der Waals surface area (Å²) in [5.74, 6) is 1.47. The van der Waals surface area contributed by atoms with Gasteiger partial charge in [0.1, 0.15) is 0 Å². The summed E-state index contributed by atoms with van der Waals surface area (Å²) < 4.78 is 0. The summed E-state index contributed by atoms with van der Waals surface area (Å²) in [6.07, 6.45) is 4.24. The first-order chi connectivity index (χ1) is 10.2. The first-order valence-corrected chi connectivity index (χ1v) is 7.61. The lowest BCUT2D eigenvalue weighted by atomic mass is 10.00. The Morgan fingerprint density at radius 1 is 1.27 bits per heavy atom. The van der Waals surface area contributed by atoms with Crippen LogP contribution in [0.5, 0.6) is 0 Å². The van der Waals surface area contributed by atoms with Gasteiger partial charge in [-0.25, -0.2) is 4.99 Å². The van der Waals surface area contributed by atoms with E-state index in [0.717, 1.165) is 29.9 Å². The van der Waals surface area contributed by atoms with E-state index in [1.54, 1.807) is 0 Å². The van der Waals surface area contributed by atoms with E-state index in [9.17, 15) is 0 Å². The lowest BCUT2D eigenvalue weighted by Crippen LogP contribution is -2.42. The van der Waals surface area contributed by atoms with E-state index in [1.165, 1.54) is 18.4 Å². The fourth-order valence-corrected chi connectivity index (χ4v) is 2.80. The number of nitrogens with zero attached hydrogens (tertiary/aromatic N) is 3. The van der Waals surface area contributed by atoms with Crippen LogP contribution in [0.25, 0.3) is 10.9 Å². The van der Waals surface area contributed by atoms with Crippen molar-refractivity contribution in [1.82, 2.24) is 9.88 Å². The predicted molar refractivity (Wildman–Crippen MR) is 102 cm³/mol. The Hall–Kier alpha value is -1.37. The number of aromatic nitrogens is 1. The van der Waals surface area contributed by atoms with Crippen LogP contribution in [-0.4, -0.2) is 28.9 Å². The molecule has 0 radical (unpaired) electrons. The number of para-hydroxylation sites is 1. The molecule has 1 aliphatic heterocycles. The molecule has 0 bridgehead atoms. The van der Waals surface area contributed by atoms with Gasteiger partial charge in [-0.05, 0) is 36.5 Å². The van der Waals surface area contributed by atoms with Gasteiger partial charge in [0.25, 0.3) is 0 Å². The Labute approximate surface area is 148 Å². The molecule has 1 aromatic carbocycles. The number of benzene rings is 1. The predicted octanol–water partition coefficient (Wildman–Crippen LogP) is 3.40. The van der Waals surface area contributed by atoms with E-state index in [1.807, 2.05) is 30.5 Å². The van der Waals surface area contributed by atoms with Crippen molar-refractivity contribution in [3.63, 3.8) is 0 Å². The van der Waals surface area contributed by atoms with Gasteiger partial charge in [0.05, 0.1) is 12.1 Å². The smallest absolute Gasteiger partial charge is 0.191 e. The molecule has 0 amide bonds. The Balaban J connectivity index is 0.00000176. The maximum absolute atomic E-state index is 6.15. The summed E-state index contributed by atoms with van der Waals surface area (Å²) in [5, 5.41) is 1.16. The lowest BCUT2D eigenvalue weighted by molar-refractivity contribution is 0.277. The normalized spacial score (nSPS) is 16.6. The van der Waals surface area contributed by atoms with E-state index in [2.05, 4.69) is 27.9 Å². The lowest BCUT2D eigenvalue weighted by Gasteiger charge is -2.31. The summed E-state index contributed by atoms with van der Waals surface area (Å²) in [4.78, 5) is 11.2. The van der Waals surface area contributed by atoms with Crippen LogP contribution in [0, 0.1) is 5.92 Å². The maximum Gasteiger partial charge on any atom is 0.191 e. The number of piperidine rings is 1. The van der Waals surface area contributed by atoms with Crippen molar-refractivity contribution in [1.29, 1.82) is 0 Å². The average Bonchev–Trinajstić information content (AvgIpc) is 2.53. The van der Waals surface area contributed by atoms with Crippen molar-refractivity contribution in [2.45, 2.75) is 26.3 Å². The zero-order valence-electron chi connectivity index (χ0n) is 12.9. The number of fused-ring (bicyclic) bond motifs is 1. The molecule has 0 aliphatic carbocycles. The van der Waals surface area contributed by atoms with Gasteiger partial charge in [0, 0.05) is 24.7 Å². The molecule has 2 aromatic rings. The van der Waals surface area contributed by atoms with Crippen LogP contribution >= 0.6 is 24.0 Å². The fraction of sp³-hybridized carbons (Fsp3) is 0.412. The Kier molecular flexibility index (Phi) is 5.99. The zero-order valence-corrected chi connectivity index (χ0v) is 15.2. The van der Waals surface area contributed by atoms with Crippen LogP contribution in [0.15, 0.2) is 41.5 Å². The van der Waals surface area contributed by atoms with Crippen molar-refractivity contribution in [3.05, 3.63) is 42.1 Å². The molecule has 4 nitrogen and oxygen atoms in total. The summed E-state index contributed by atoms with van der Waals surface area (Å²) in [6.45, 7) is 4.95. The van der Waals surface area contributed by atoms with Gasteiger partial charge in [-0.1, -0.05) is 25.1 Å². The second-order valence-corrected chi connectivity index (χ2v) is 5.83. The number of hydrogen-bond acceptors (Lipinski definition) is 2. The summed E-state index contributed by atoms with van der Waals surface area (Å²) >= 11 is 0. The molecule has 2 N–H and O–H groups in total. The number of nitrogens with two attached hydrogens (primary N) is 1. The van der Waals surface area contributed by atoms with Crippen molar-refractivity contribution in [2.75, 3.05) is 13.1 Å². The standard InChI is InChI=1S/C17H22N4.HI/c1-13-7-10-21(11-8-13)17(18)20-12-14-6-9-19-16-5-3-2-4-15(14)16;/h2-6,9,13H,7-8,10-12H2,1H3,(H2,18,20);1H. The van der Waals surface area contributed by atoms with Gasteiger partial charge in [-0.3, -0.25) is 4.98 Å². The molecule has 0 atom stereocenters. The minimum Gasteiger partial charge on any atom is -0.370 e. The Morgan fingerprint density at radius 3 is 2.77 bits per heavy atom. The summed E-state index contributed by atoms with van der Waals surface area (Å²) in [5.41, 5.74) is 8.33. The van der Waals surface area contributed by atoms with Crippen LogP contribution < -0.4 is 5.73 Å². The molecule has 1 aliphatic rings. The third-order valence-electron chi connectivity index (χ3n) is 4.26. The van der Waals surface area contributed by atoms with E-state index in [-0.39, 0.29) is 24.0 Å². The minimum absolute atomic E-state index is 0. The van der Waals surface area contributed by atoms with Crippen molar-refractivity contribution < 1.29 is 0 Å². The Bertz CT molecular complexity index is 643. The van der Waals surface area contributed by atoms with Crippen LogP contribution in [0.4, 0.5) is 0 Å². The second kappa shape index (κ2) is 7.76. The molecule has 0 saturated carbocycles. The number of pyridine rings is 1. The van der Waals surface area contributed by atoms with Crippen molar-refractivity contribution in [2.24, 2.45) is 16.6 Å². The molecule has 1 saturated heterocycles. The average molecular weight is 410 g/mol. The molecule has 1 aromatic heterocycles. The number of guanidine groups is 1. The largest absolute Gasteiger partial charge is 0.370 e.